The maximum atomic E-state index is 5.44. The minimum absolute atomic E-state index is 0.433. The van der Waals surface area contributed by atoms with Crippen molar-refractivity contribution in [1.29, 1.82) is 0 Å². The van der Waals surface area contributed by atoms with E-state index >= 15 is 0 Å². The second-order valence-electron chi connectivity index (χ2n) is 7.69. The monoisotopic (exact) mass is 422 g/mol. The number of rotatable bonds is 8. The van der Waals surface area contributed by atoms with Gasteiger partial charge in [-0.05, 0) is 49.1 Å². The average molecular weight is 423 g/mol. The Bertz CT molecular complexity index is 914. The molecular weight excluding hydrogens is 392 g/mol. The van der Waals surface area contributed by atoms with Crippen LogP contribution in [-0.4, -0.2) is 59.3 Å². The molecule has 8 heteroatoms. The first-order chi connectivity index (χ1) is 15.3. The molecule has 8 nitrogen and oxygen atoms in total. The third kappa shape index (κ3) is 5.87. The van der Waals surface area contributed by atoms with E-state index in [0.717, 1.165) is 68.6 Å². The molecule has 0 unspecified atom stereocenters. The summed E-state index contributed by atoms with van der Waals surface area (Å²) in [6.45, 7) is 3.41. The summed E-state index contributed by atoms with van der Waals surface area (Å²) in [5, 5.41) is 10.6. The molecule has 0 radical (unpaired) electrons. The number of methoxy groups -OCH3 is 1. The van der Waals surface area contributed by atoms with Crippen LogP contribution in [0.5, 0.6) is 5.75 Å². The first kappa shape index (κ1) is 21.0. The second-order valence-corrected chi connectivity index (χ2v) is 7.69. The summed E-state index contributed by atoms with van der Waals surface area (Å²) in [5.41, 5.74) is 1.27. The molecule has 4 rings (SSSR count). The van der Waals surface area contributed by atoms with Crippen LogP contribution in [0.1, 0.15) is 35.9 Å². The highest BCUT2D eigenvalue weighted by Crippen LogP contribution is 2.25. The topological polar surface area (TPSA) is 91.6 Å². The van der Waals surface area contributed by atoms with E-state index in [2.05, 4.69) is 37.5 Å². The molecule has 1 saturated heterocycles. The highest BCUT2D eigenvalue weighted by atomic mass is 16.5. The Kier molecular flexibility index (Phi) is 7.20. The molecule has 0 saturated carbocycles. The van der Waals surface area contributed by atoms with Crippen molar-refractivity contribution in [3.05, 3.63) is 66.1 Å². The van der Waals surface area contributed by atoms with Gasteiger partial charge in [-0.2, -0.15) is 5.10 Å². The van der Waals surface area contributed by atoms with Gasteiger partial charge in [-0.3, -0.25) is 10.1 Å². The molecule has 0 spiro atoms. The van der Waals surface area contributed by atoms with Crippen molar-refractivity contribution in [1.82, 2.24) is 25.4 Å². The van der Waals surface area contributed by atoms with Gasteiger partial charge in [0.05, 0.1) is 13.4 Å². The van der Waals surface area contributed by atoms with Gasteiger partial charge in [-0.1, -0.05) is 12.1 Å². The Morgan fingerprint density at radius 3 is 2.74 bits per heavy atom. The van der Waals surface area contributed by atoms with Gasteiger partial charge in [-0.25, -0.2) is 4.98 Å². The molecule has 2 aromatic heterocycles. The van der Waals surface area contributed by atoms with Gasteiger partial charge in [-0.15, -0.1) is 0 Å². The van der Waals surface area contributed by atoms with Gasteiger partial charge in [0.1, 0.15) is 23.7 Å². The molecule has 1 aliphatic heterocycles. The van der Waals surface area contributed by atoms with Crippen molar-refractivity contribution < 1.29 is 9.15 Å². The molecule has 31 heavy (non-hydrogen) atoms. The summed E-state index contributed by atoms with van der Waals surface area (Å²) in [6, 6.07) is 12.1. The smallest absolute Gasteiger partial charge is 0.193 e. The van der Waals surface area contributed by atoms with Crippen molar-refractivity contribution in [2.45, 2.75) is 31.6 Å². The van der Waals surface area contributed by atoms with Crippen LogP contribution in [0.4, 0.5) is 0 Å². The number of aromatic amines is 1. The fraction of sp³-hybridized carbons (Fsp3) is 0.435. The van der Waals surface area contributed by atoms with Gasteiger partial charge >= 0.3 is 0 Å². The van der Waals surface area contributed by atoms with Gasteiger partial charge in [0.2, 0.25) is 0 Å². The number of guanidine groups is 1. The van der Waals surface area contributed by atoms with E-state index in [4.69, 9.17) is 14.1 Å². The molecule has 3 aromatic rings. The Morgan fingerprint density at radius 2 is 2.06 bits per heavy atom. The van der Waals surface area contributed by atoms with E-state index in [0.29, 0.717) is 12.5 Å². The molecule has 3 heterocycles. The molecule has 164 valence electrons. The predicted octanol–water partition coefficient (Wildman–Crippen LogP) is 3.02. The fourth-order valence-electron chi connectivity index (χ4n) is 3.88. The van der Waals surface area contributed by atoms with Crippen molar-refractivity contribution in [2.75, 3.05) is 33.3 Å². The Balaban J connectivity index is 1.34. The zero-order valence-corrected chi connectivity index (χ0v) is 18.0. The number of piperidine rings is 1. The maximum Gasteiger partial charge on any atom is 0.193 e. The zero-order valence-electron chi connectivity index (χ0n) is 18.0. The number of likely N-dealkylation sites (tertiary alicyclic amines) is 1. The summed E-state index contributed by atoms with van der Waals surface area (Å²) in [6.07, 6.45) is 7.09. The first-order valence-corrected chi connectivity index (χ1v) is 10.9. The number of nitrogens with zero attached hydrogens (tertiary/aromatic N) is 4. The lowest BCUT2D eigenvalue weighted by molar-refractivity contribution is 0.298. The quantitative estimate of drug-likeness (QED) is 0.428. The summed E-state index contributed by atoms with van der Waals surface area (Å²) in [7, 11) is 1.69. The van der Waals surface area contributed by atoms with Crippen LogP contribution in [0.3, 0.4) is 0 Å². The lowest BCUT2D eigenvalue weighted by Gasteiger charge is -2.33. The van der Waals surface area contributed by atoms with Crippen LogP contribution in [0.25, 0.3) is 0 Å². The number of benzene rings is 1. The van der Waals surface area contributed by atoms with Crippen LogP contribution in [0.2, 0.25) is 0 Å². The number of H-pyrrole nitrogens is 1. The van der Waals surface area contributed by atoms with Crippen molar-refractivity contribution >= 4 is 5.96 Å². The number of hydrogen-bond donors (Lipinski definition) is 2. The molecule has 0 atom stereocenters. The van der Waals surface area contributed by atoms with Crippen LogP contribution in [-0.2, 0) is 12.8 Å². The summed E-state index contributed by atoms with van der Waals surface area (Å²) in [4.78, 5) is 11.6. The standard InChI is InChI=1S/C23H30N6O2/c1-30-20-6-4-18(5-7-20)8-12-24-23(25-13-9-21-3-2-16-31-21)29-14-10-19(11-15-29)22-26-17-27-28-22/h2-7,16-17,19H,8-15H2,1H3,(H,24,25)(H,26,27,28). The fourth-order valence-corrected chi connectivity index (χ4v) is 3.88. The van der Waals surface area contributed by atoms with E-state index in [-0.39, 0.29) is 0 Å². The molecular formula is C23H30N6O2. The van der Waals surface area contributed by atoms with E-state index in [1.807, 2.05) is 24.3 Å². The Hall–Kier alpha value is -3.29. The van der Waals surface area contributed by atoms with E-state index in [9.17, 15) is 0 Å². The highest BCUT2D eigenvalue weighted by Gasteiger charge is 2.24. The summed E-state index contributed by atoms with van der Waals surface area (Å²) >= 11 is 0. The predicted molar refractivity (Wildman–Crippen MR) is 119 cm³/mol. The number of nitrogens with one attached hydrogen (secondary N) is 2. The third-order valence-corrected chi connectivity index (χ3v) is 5.67. The minimum atomic E-state index is 0.433. The van der Waals surface area contributed by atoms with Crippen molar-refractivity contribution in [3.8, 4) is 5.75 Å². The van der Waals surface area contributed by atoms with E-state index in [1.54, 1.807) is 19.7 Å². The summed E-state index contributed by atoms with van der Waals surface area (Å²) < 4.78 is 10.7. The molecule has 1 fully saturated rings. The number of hydrogen-bond acceptors (Lipinski definition) is 5. The highest BCUT2D eigenvalue weighted by molar-refractivity contribution is 5.80. The number of ether oxygens (including phenoxy) is 1. The summed E-state index contributed by atoms with van der Waals surface area (Å²) in [5.74, 6) is 4.24. The molecule has 0 amide bonds. The van der Waals surface area contributed by atoms with Crippen molar-refractivity contribution in [3.63, 3.8) is 0 Å². The number of furan rings is 1. The third-order valence-electron chi connectivity index (χ3n) is 5.67. The van der Waals surface area contributed by atoms with Crippen LogP contribution >= 0.6 is 0 Å². The number of aromatic nitrogens is 3. The second kappa shape index (κ2) is 10.7. The first-order valence-electron chi connectivity index (χ1n) is 10.9. The lowest BCUT2D eigenvalue weighted by Crippen LogP contribution is -2.46. The Labute approximate surface area is 182 Å². The van der Waals surface area contributed by atoms with Gasteiger partial charge in [0, 0.05) is 38.5 Å². The van der Waals surface area contributed by atoms with Crippen LogP contribution in [0, 0.1) is 0 Å². The van der Waals surface area contributed by atoms with Crippen LogP contribution in [0.15, 0.2) is 58.4 Å². The minimum Gasteiger partial charge on any atom is -0.497 e. The zero-order chi connectivity index (χ0) is 21.3. The largest absolute Gasteiger partial charge is 0.497 e. The average Bonchev–Trinajstić information content (AvgIpc) is 3.53. The van der Waals surface area contributed by atoms with Gasteiger partial charge in [0.25, 0.3) is 0 Å². The molecule has 0 aliphatic carbocycles. The van der Waals surface area contributed by atoms with E-state index in [1.165, 1.54) is 5.56 Å². The van der Waals surface area contributed by atoms with Crippen molar-refractivity contribution in [2.24, 2.45) is 4.99 Å². The van der Waals surface area contributed by atoms with Gasteiger partial charge in [0.15, 0.2) is 5.96 Å². The SMILES string of the molecule is COc1ccc(CCNC(=NCCc2ccco2)N2CCC(c3ncn[nH]3)CC2)cc1. The maximum absolute atomic E-state index is 5.44. The number of aliphatic imine (C=N–C) groups is 1. The normalized spacial score (nSPS) is 15.3. The lowest BCUT2D eigenvalue weighted by atomic mass is 9.96. The van der Waals surface area contributed by atoms with Gasteiger partial charge < -0.3 is 19.4 Å². The van der Waals surface area contributed by atoms with E-state index < -0.39 is 0 Å². The molecule has 2 N–H and O–H groups in total. The molecule has 0 bridgehead atoms. The van der Waals surface area contributed by atoms with Crippen LogP contribution < -0.4 is 10.1 Å². The molecule has 1 aromatic carbocycles. The molecule has 1 aliphatic rings. The Morgan fingerprint density at radius 1 is 1.23 bits per heavy atom.